The van der Waals surface area contributed by atoms with Gasteiger partial charge in [-0.15, -0.1) is 24.0 Å². The van der Waals surface area contributed by atoms with Crippen LogP contribution in [0.1, 0.15) is 36.6 Å². The molecule has 1 atom stereocenters. The summed E-state index contributed by atoms with van der Waals surface area (Å²) in [7, 11) is 1.79. The Bertz CT molecular complexity index is 688. The van der Waals surface area contributed by atoms with Crippen molar-refractivity contribution in [2.75, 3.05) is 39.8 Å². The van der Waals surface area contributed by atoms with E-state index in [0.717, 1.165) is 31.4 Å². The number of hydrogen-bond acceptors (Lipinski definition) is 4. The van der Waals surface area contributed by atoms with Crippen LogP contribution >= 0.6 is 24.0 Å². The van der Waals surface area contributed by atoms with Gasteiger partial charge in [-0.1, -0.05) is 36.8 Å². The Balaban J connectivity index is 0.00000300. The number of benzene rings is 1. The van der Waals surface area contributed by atoms with Gasteiger partial charge in [-0.2, -0.15) is 0 Å². The third-order valence-electron chi connectivity index (χ3n) is 5.04. The number of hydrogen-bond donors (Lipinski definition) is 2. The molecule has 1 aliphatic heterocycles. The lowest BCUT2D eigenvalue weighted by molar-refractivity contribution is 0.125. The van der Waals surface area contributed by atoms with E-state index >= 15 is 0 Å². The second kappa shape index (κ2) is 13.6. The van der Waals surface area contributed by atoms with Gasteiger partial charge in [0.2, 0.25) is 0 Å². The molecule has 29 heavy (non-hydrogen) atoms. The maximum absolute atomic E-state index is 5.73. The number of aliphatic imine (C=N–C) groups is 1. The van der Waals surface area contributed by atoms with E-state index in [1.165, 1.54) is 24.8 Å². The Morgan fingerprint density at radius 1 is 1.10 bits per heavy atom. The van der Waals surface area contributed by atoms with E-state index in [-0.39, 0.29) is 30.0 Å². The topological polar surface area (TPSA) is 62.0 Å². The normalized spacial score (nSPS) is 16.1. The van der Waals surface area contributed by atoms with Gasteiger partial charge in [-0.05, 0) is 43.6 Å². The van der Waals surface area contributed by atoms with E-state index in [1.807, 2.05) is 24.3 Å². The summed E-state index contributed by atoms with van der Waals surface area (Å²) < 4.78 is 11.4. The summed E-state index contributed by atoms with van der Waals surface area (Å²) in [5, 5.41) is 6.77. The van der Waals surface area contributed by atoms with Crippen LogP contribution < -0.4 is 10.6 Å². The van der Waals surface area contributed by atoms with Gasteiger partial charge in [0.05, 0.1) is 25.5 Å². The zero-order chi connectivity index (χ0) is 19.4. The van der Waals surface area contributed by atoms with Crippen LogP contribution in [0.2, 0.25) is 0 Å². The molecule has 6 nitrogen and oxygen atoms in total. The van der Waals surface area contributed by atoms with Crippen molar-refractivity contribution < 1.29 is 9.15 Å². The fraction of sp³-hybridized carbons (Fsp3) is 0.500. The molecule has 160 valence electrons. The summed E-state index contributed by atoms with van der Waals surface area (Å²) >= 11 is 0. The van der Waals surface area contributed by atoms with Crippen LogP contribution in [-0.2, 0) is 11.3 Å². The van der Waals surface area contributed by atoms with Crippen molar-refractivity contribution in [2.24, 2.45) is 4.99 Å². The molecule has 1 fully saturated rings. The average molecular weight is 512 g/mol. The fourth-order valence-corrected chi connectivity index (χ4v) is 3.54. The minimum atomic E-state index is 0. The minimum Gasteiger partial charge on any atom is -0.468 e. The van der Waals surface area contributed by atoms with Crippen molar-refractivity contribution in [1.82, 2.24) is 15.5 Å². The van der Waals surface area contributed by atoms with Gasteiger partial charge in [0.15, 0.2) is 5.96 Å². The van der Waals surface area contributed by atoms with Crippen molar-refractivity contribution in [2.45, 2.75) is 31.9 Å². The molecule has 1 saturated heterocycles. The lowest BCUT2D eigenvalue weighted by Crippen LogP contribution is -2.45. The molecular formula is C22H33IN4O2. The molecule has 0 saturated carbocycles. The molecule has 1 aromatic carbocycles. The van der Waals surface area contributed by atoms with Gasteiger partial charge in [-0.25, -0.2) is 0 Å². The van der Waals surface area contributed by atoms with Crippen molar-refractivity contribution in [3.05, 3.63) is 60.1 Å². The minimum absolute atomic E-state index is 0. The number of halogens is 1. The standard InChI is InChI=1S/C22H32N4O2.HI/c1-23-22(24-12-16-27-18-19-9-4-2-5-10-19)25-17-20(21-11-8-15-28-21)26-13-6-3-7-14-26;/h2,4-5,8-11,15,20H,3,6-7,12-14,16-18H2,1H3,(H2,23,24,25);1H. The lowest BCUT2D eigenvalue weighted by Gasteiger charge is -2.33. The molecule has 2 heterocycles. The highest BCUT2D eigenvalue weighted by atomic mass is 127. The van der Waals surface area contributed by atoms with Gasteiger partial charge >= 0.3 is 0 Å². The van der Waals surface area contributed by atoms with E-state index in [9.17, 15) is 0 Å². The number of piperidine rings is 1. The zero-order valence-corrected chi connectivity index (χ0v) is 19.5. The van der Waals surface area contributed by atoms with E-state index in [0.29, 0.717) is 19.8 Å². The highest BCUT2D eigenvalue weighted by Gasteiger charge is 2.24. The molecule has 0 spiro atoms. The number of ether oxygens (including phenoxy) is 1. The van der Waals surface area contributed by atoms with Crippen LogP contribution in [0.4, 0.5) is 0 Å². The van der Waals surface area contributed by atoms with Crippen LogP contribution in [-0.4, -0.2) is 50.7 Å². The van der Waals surface area contributed by atoms with E-state index in [2.05, 4.69) is 38.7 Å². The summed E-state index contributed by atoms with van der Waals surface area (Å²) in [6.45, 7) is 4.96. The molecule has 3 rings (SSSR count). The second-order valence-corrected chi connectivity index (χ2v) is 7.05. The Morgan fingerprint density at radius 3 is 2.59 bits per heavy atom. The number of furan rings is 1. The third kappa shape index (κ3) is 7.98. The summed E-state index contributed by atoms with van der Waals surface area (Å²) in [6.07, 6.45) is 5.58. The molecule has 0 bridgehead atoms. The monoisotopic (exact) mass is 512 g/mol. The first-order chi connectivity index (χ1) is 13.9. The number of nitrogens with one attached hydrogen (secondary N) is 2. The number of rotatable bonds is 9. The molecule has 1 aromatic heterocycles. The first-order valence-electron chi connectivity index (χ1n) is 10.2. The van der Waals surface area contributed by atoms with Crippen molar-refractivity contribution >= 4 is 29.9 Å². The molecule has 7 heteroatoms. The maximum Gasteiger partial charge on any atom is 0.191 e. The van der Waals surface area contributed by atoms with Crippen LogP contribution in [0.25, 0.3) is 0 Å². The number of nitrogens with zero attached hydrogens (tertiary/aromatic N) is 2. The van der Waals surface area contributed by atoms with E-state index < -0.39 is 0 Å². The van der Waals surface area contributed by atoms with Gasteiger partial charge < -0.3 is 19.8 Å². The number of guanidine groups is 1. The predicted molar refractivity (Wildman–Crippen MR) is 128 cm³/mol. The first-order valence-corrected chi connectivity index (χ1v) is 10.2. The second-order valence-electron chi connectivity index (χ2n) is 7.05. The summed E-state index contributed by atoms with van der Waals surface area (Å²) in [5.41, 5.74) is 1.19. The summed E-state index contributed by atoms with van der Waals surface area (Å²) in [6, 6.07) is 14.5. The lowest BCUT2D eigenvalue weighted by atomic mass is 10.1. The molecule has 1 aliphatic rings. The Hall–Kier alpha value is -1.58. The number of likely N-dealkylation sites (tertiary alicyclic amines) is 1. The van der Waals surface area contributed by atoms with Gasteiger partial charge in [0.25, 0.3) is 0 Å². The van der Waals surface area contributed by atoms with Gasteiger partial charge in [0, 0.05) is 20.1 Å². The average Bonchev–Trinajstić information content (AvgIpc) is 3.28. The smallest absolute Gasteiger partial charge is 0.191 e. The molecule has 0 aliphatic carbocycles. The molecule has 0 radical (unpaired) electrons. The maximum atomic E-state index is 5.73. The predicted octanol–water partition coefficient (Wildman–Crippen LogP) is 3.81. The van der Waals surface area contributed by atoms with Crippen molar-refractivity contribution in [3.8, 4) is 0 Å². The largest absolute Gasteiger partial charge is 0.468 e. The van der Waals surface area contributed by atoms with Crippen LogP contribution in [0.15, 0.2) is 58.1 Å². The molecule has 2 aromatic rings. The Morgan fingerprint density at radius 2 is 1.90 bits per heavy atom. The van der Waals surface area contributed by atoms with Gasteiger partial charge in [0.1, 0.15) is 5.76 Å². The van der Waals surface area contributed by atoms with Crippen LogP contribution in [0.5, 0.6) is 0 Å². The van der Waals surface area contributed by atoms with Crippen molar-refractivity contribution in [1.29, 1.82) is 0 Å². The van der Waals surface area contributed by atoms with Gasteiger partial charge in [-0.3, -0.25) is 9.89 Å². The first kappa shape index (κ1) is 23.7. The SMILES string of the molecule is CN=C(NCCOCc1ccccc1)NCC(c1ccco1)N1CCCCC1.I. The quantitative estimate of drug-likeness (QED) is 0.232. The molecule has 1 unspecified atom stereocenters. The molecule has 0 amide bonds. The highest BCUT2D eigenvalue weighted by molar-refractivity contribution is 14.0. The van der Waals surface area contributed by atoms with Crippen LogP contribution in [0, 0.1) is 0 Å². The van der Waals surface area contributed by atoms with Crippen molar-refractivity contribution in [3.63, 3.8) is 0 Å². The Labute approximate surface area is 191 Å². The molecular weight excluding hydrogens is 479 g/mol. The van der Waals surface area contributed by atoms with Crippen LogP contribution in [0.3, 0.4) is 0 Å². The summed E-state index contributed by atoms with van der Waals surface area (Å²) in [5.74, 6) is 1.80. The fourth-order valence-electron chi connectivity index (χ4n) is 3.54. The Kier molecular flexibility index (Phi) is 11.1. The van der Waals surface area contributed by atoms with E-state index in [4.69, 9.17) is 9.15 Å². The molecule has 2 N–H and O–H groups in total. The highest BCUT2D eigenvalue weighted by Crippen LogP contribution is 2.24. The zero-order valence-electron chi connectivity index (χ0n) is 17.2. The third-order valence-corrected chi connectivity index (χ3v) is 5.04. The van der Waals surface area contributed by atoms with E-state index in [1.54, 1.807) is 13.3 Å². The summed E-state index contributed by atoms with van der Waals surface area (Å²) in [4.78, 5) is 6.84.